The van der Waals surface area contributed by atoms with Crippen LogP contribution in [0.3, 0.4) is 0 Å². The maximum absolute atomic E-state index is 12.1. The lowest BCUT2D eigenvalue weighted by molar-refractivity contribution is -0.739. The third kappa shape index (κ3) is 5.24. The molecule has 0 N–H and O–H groups in total. The zero-order chi connectivity index (χ0) is 21.5. The minimum Gasteiger partial charge on any atom is -0.366 e. The van der Waals surface area contributed by atoms with Gasteiger partial charge in [-0.15, -0.1) is 0 Å². The van der Waals surface area contributed by atoms with Gasteiger partial charge in [-0.25, -0.2) is 3.89 Å². The summed E-state index contributed by atoms with van der Waals surface area (Å²) in [6.07, 6.45) is 1.23. The van der Waals surface area contributed by atoms with Gasteiger partial charge in [-0.1, -0.05) is 6.92 Å². The first-order chi connectivity index (χ1) is 12.5. The van der Waals surface area contributed by atoms with Gasteiger partial charge >= 0.3 is 10.0 Å². The van der Waals surface area contributed by atoms with Crippen molar-refractivity contribution in [3.63, 3.8) is 0 Å². The van der Waals surface area contributed by atoms with Crippen molar-refractivity contribution in [2.45, 2.75) is 64.4 Å². The van der Waals surface area contributed by atoms with Crippen LogP contribution in [0.5, 0.6) is 0 Å². The number of sulfonamides is 1. The van der Waals surface area contributed by atoms with Crippen LogP contribution in [-0.4, -0.2) is 83.0 Å². The number of quaternary nitrogens is 1. The molecule has 0 aliphatic carbocycles. The van der Waals surface area contributed by atoms with Gasteiger partial charge < -0.3 is 23.7 Å². The Morgan fingerprint density at radius 2 is 1.64 bits per heavy atom. The van der Waals surface area contributed by atoms with E-state index in [1.807, 2.05) is 6.92 Å². The molecule has 0 spiro atoms. The van der Waals surface area contributed by atoms with Crippen molar-refractivity contribution < 1.29 is 36.0 Å². The second-order valence-corrected chi connectivity index (χ2v) is 12.6. The average molecular weight is 425 g/mol. The van der Waals surface area contributed by atoms with Gasteiger partial charge in [-0.05, 0) is 34.1 Å². The molecule has 2 heterocycles. The number of hydrogen-bond donors (Lipinski definition) is 0. The average Bonchev–Trinajstić information content (AvgIpc) is 2.72. The third-order valence-electron chi connectivity index (χ3n) is 5.88. The number of hydrogen-bond acceptors (Lipinski definition) is 7. The van der Waals surface area contributed by atoms with Crippen molar-refractivity contribution in [3.8, 4) is 0 Å². The fourth-order valence-electron chi connectivity index (χ4n) is 3.78. The largest absolute Gasteiger partial charge is 0.366 e. The summed E-state index contributed by atoms with van der Waals surface area (Å²) < 4.78 is 53.6. The molecule has 2 aliphatic heterocycles. The SMILES string of the molecule is CC1(C)CC2(C)COC(C)(CCOCS(=O)(=O)[N+](C)(C)C)OCOCC2(C)O1. The Morgan fingerprint density at radius 3 is 2.25 bits per heavy atom. The fourth-order valence-corrected chi connectivity index (χ4v) is 4.43. The van der Waals surface area contributed by atoms with Gasteiger partial charge in [-0.3, -0.25) is 0 Å². The second-order valence-electron chi connectivity index (χ2n) is 10.1. The van der Waals surface area contributed by atoms with E-state index >= 15 is 0 Å². The number of rotatable bonds is 6. The highest BCUT2D eigenvalue weighted by atomic mass is 32.2. The molecule has 0 aromatic rings. The molecule has 0 radical (unpaired) electrons. The fraction of sp³-hybridized carbons (Fsp3) is 1.00. The van der Waals surface area contributed by atoms with Crippen molar-refractivity contribution in [3.05, 3.63) is 0 Å². The van der Waals surface area contributed by atoms with E-state index in [4.69, 9.17) is 23.7 Å². The van der Waals surface area contributed by atoms with Crippen LogP contribution >= 0.6 is 0 Å². The molecule has 0 aromatic heterocycles. The Balaban J connectivity index is 1.99. The van der Waals surface area contributed by atoms with Gasteiger partial charge in [0.15, 0.2) is 11.7 Å². The summed E-state index contributed by atoms with van der Waals surface area (Å²) >= 11 is 0. The molecular formula is C19H38NO7S+. The van der Waals surface area contributed by atoms with E-state index in [1.165, 1.54) is 0 Å². The van der Waals surface area contributed by atoms with Gasteiger partial charge in [0.1, 0.15) is 6.79 Å². The molecule has 2 rings (SSSR count). The lowest BCUT2D eigenvalue weighted by atomic mass is 9.72. The van der Waals surface area contributed by atoms with E-state index in [1.54, 1.807) is 21.1 Å². The minimum absolute atomic E-state index is 0.0726. The zero-order valence-corrected chi connectivity index (χ0v) is 19.5. The van der Waals surface area contributed by atoms with Crippen molar-refractivity contribution >= 4 is 10.0 Å². The predicted octanol–water partition coefficient (Wildman–Crippen LogP) is 2.09. The first kappa shape index (κ1) is 24.0. The Kier molecular flexibility index (Phi) is 6.64. The predicted molar refractivity (Wildman–Crippen MR) is 105 cm³/mol. The van der Waals surface area contributed by atoms with Crippen LogP contribution in [0.1, 0.15) is 47.5 Å². The third-order valence-corrected chi connectivity index (χ3v) is 8.02. The molecule has 28 heavy (non-hydrogen) atoms. The van der Waals surface area contributed by atoms with Crippen LogP contribution in [0, 0.1) is 5.41 Å². The smallest absolute Gasteiger partial charge is 0.320 e. The molecule has 8 nitrogen and oxygen atoms in total. The first-order valence-corrected chi connectivity index (χ1v) is 11.3. The zero-order valence-electron chi connectivity index (χ0n) is 18.7. The minimum atomic E-state index is -3.39. The van der Waals surface area contributed by atoms with Crippen LogP contribution in [0.25, 0.3) is 0 Å². The van der Waals surface area contributed by atoms with Gasteiger partial charge in [0.05, 0.1) is 52.2 Å². The maximum Gasteiger partial charge on any atom is 0.320 e. The number of nitrogens with zero attached hydrogens (tertiary/aromatic N) is 1. The first-order valence-electron chi connectivity index (χ1n) is 9.71. The van der Waals surface area contributed by atoms with Crippen molar-refractivity contribution in [2.24, 2.45) is 5.41 Å². The Bertz CT molecular complexity index is 660. The van der Waals surface area contributed by atoms with Gasteiger partial charge in [0, 0.05) is 11.8 Å². The number of ether oxygens (including phenoxy) is 5. The topological polar surface area (TPSA) is 80.3 Å². The van der Waals surface area contributed by atoms with Crippen LogP contribution in [0.15, 0.2) is 0 Å². The van der Waals surface area contributed by atoms with Crippen molar-refractivity contribution in [1.82, 2.24) is 0 Å². The Labute approximate surface area is 170 Å². The van der Waals surface area contributed by atoms with Crippen LogP contribution in [-0.2, 0) is 33.7 Å². The summed E-state index contributed by atoms with van der Waals surface area (Å²) in [6, 6.07) is 0. The summed E-state index contributed by atoms with van der Waals surface area (Å²) in [5.74, 6) is -1.28. The van der Waals surface area contributed by atoms with E-state index in [0.29, 0.717) is 19.6 Å². The molecule has 166 valence electrons. The quantitative estimate of drug-likeness (QED) is 0.477. The molecule has 3 atom stereocenters. The molecule has 0 aromatic carbocycles. The van der Waals surface area contributed by atoms with E-state index in [9.17, 15) is 8.42 Å². The molecule has 0 saturated carbocycles. The highest BCUT2D eigenvalue weighted by Gasteiger charge is 2.58. The molecule has 2 aliphatic rings. The van der Waals surface area contributed by atoms with E-state index in [0.717, 1.165) is 6.42 Å². The maximum atomic E-state index is 12.1. The molecule has 2 saturated heterocycles. The molecule has 0 amide bonds. The highest BCUT2D eigenvalue weighted by molar-refractivity contribution is 7.85. The van der Waals surface area contributed by atoms with Gasteiger partial charge in [0.25, 0.3) is 0 Å². The van der Waals surface area contributed by atoms with Crippen molar-refractivity contribution in [2.75, 3.05) is 53.7 Å². The van der Waals surface area contributed by atoms with E-state index < -0.39 is 21.4 Å². The highest BCUT2D eigenvalue weighted by Crippen LogP contribution is 2.52. The summed E-state index contributed by atoms with van der Waals surface area (Å²) in [5.41, 5.74) is -0.963. The van der Waals surface area contributed by atoms with Gasteiger partial charge in [0.2, 0.25) is 0 Å². The van der Waals surface area contributed by atoms with E-state index in [2.05, 4.69) is 27.7 Å². The van der Waals surface area contributed by atoms with Crippen LogP contribution in [0.4, 0.5) is 0 Å². The van der Waals surface area contributed by atoms with E-state index in [-0.39, 0.29) is 34.2 Å². The standard InChI is InChI=1S/C19H38NO7S/c1-16(2)11-17(3)12-25-19(5,26-14-24-13-18(17,4)27-16)9-10-23-15-28(21,22)20(6,7)8/h9-15H2,1-8H3/q+1. The molecule has 3 unspecified atom stereocenters. The van der Waals surface area contributed by atoms with Crippen LogP contribution in [0.2, 0.25) is 0 Å². The van der Waals surface area contributed by atoms with Crippen LogP contribution < -0.4 is 0 Å². The summed E-state index contributed by atoms with van der Waals surface area (Å²) in [6.45, 7) is 11.4. The Hall–Kier alpha value is -0.290. The normalized spacial score (nSPS) is 37.0. The van der Waals surface area contributed by atoms with Crippen molar-refractivity contribution in [1.29, 1.82) is 0 Å². The molecular weight excluding hydrogens is 386 g/mol. The molecule has 0 bridgehead atoms. The summed E-state index contributed by atoms with van der Waals surface area (Å²) in [7, 11) is 1.42. The molecule has 2 fully saturated rings. The van der Waals surface area contributed by atoms with Gasteiger partial charge in [-0.2, -0.15) is 8.42 Å². The Morgan fingerprint density at radius 1 is 1.00 bits per heavy atom. The summed E-state index contributed by atoms with van der Waals surface area (Å²) in [4.78, 5) is 0. The lowest BCUT2D eigenvalue weighted by Crippen LogP contribution is -2.48. The summed E-state index contributed by atoms with van der Waals surface area (Å²) in [5, 5.41) is 0. The lowest BCUT2D eigenvalue weighted by Gasteiger charge is -2.39. The monoisotopic (exact) mass is 424 g/mol. The molecule has 9 heteroatoms. The second kappa shape index (κ2) is 7.76. The number of fused-ring (bicyclic) bond motifs is 1.